The van der Waals surface area contributed by atoms with Crippen molar-refractivity contribution < 1.29 is 14.4 Å². The van der Waals surface area contributed by atoms with E-state index in [1.54, 1.807) is 21.7 Å². The van der Waals surface area contributed by atoms with Crippen molar-refractivity contribution in [1.82, 2.24) is 25.1 Å². The van der Waals surface area contributed by atoms with Gasteiger partial charge in [0.2, 0.25) is 11.8 Å². The van der Waals surface area contributed by atoms with E-state index in [9.17, 15) is 14.4 Å². The maximum absolute atomic E-state index is 13.3. The van der Waals surface area contributed by atoms with Crippen molar-refractivity contribution in [3.63, 3.8) is 0 Å². The third-order valence-corrected chi connectivity index (χ3v) is 7.03. The van der Waals surface area contributed by atoms with Gasteiger partial charge in [-0.25, -0.2) is 9.80 Å². The Hall–Kier alpha value is -4.35. The number of carbonyl (C=O) groups excluding carboxylic acids is 3. The lowest BCUT2D eigenvalue weighted by molar-refractivity contribution is -0.156. The lowest BCUT2D eigenvalue weighted by Crippen LogP contribution is -2.64. The van der Waals surface area contributed by atoms with Gasteiger partial charge >= 0.3 is 6.03 Å². The zero-order valence-electron chi connectivity index (χ0n) is 20.7. The van der Waals surface area contributed by atoms with Gasteiger partial charge < -0.3 is 15.1 Å². The normalized spacial score (nSPS) is 19.6. The molecule has 3 aromatic rings. The summed E-state index contributed by atoms with van der Waals surface area (Å²) in [5, 5.41) is 8.19. The van der Waals surface area contributed by atoms with Crippen LogP contribution in [-0.2, 0) is 22.7 Å². The smallest absolute Gasteiger partial charge is 0.333 e. The van der Waals surface area contributed by atoms with Crippen molar-refractivity contribution in [2.24, 2.45) is 0 Å². The molecule has 4 amide bonds. The Morgan fingerprint density at radius 2 is 1.78 bits per heavy atom. The molecule has 1 N–H and O–H groups in total. The topological polar surface area (TPSA) is 76.2 Å². The van der Waals surface area contributed by atoms with Crippen molar-refractivity contribution in [1.29, 1.82) is 0 Å². The van der Waals surface area contributed by atoms with Gasteiger partial charge in [-0.15, -0.1) is 6.42 Å². The fraction of sp³-hybridized carbons (Fsp3) is 0.276. The number of hydrazine groups is 1. The number of rotatable bonds is 6. The van der Waals surface area contributed by atoms with Crippen molar-refractivity contribution in [2.45, 2.75) is 32.2 Å². The largest absolute Gasteiger partial charge is 0.333 e. The first-order valence-corrected chi connectivity index (χ1v) is 12.3. The molecule has 0 aliphatic carbocycles. The first kappa shape index (κ1) is 24.3. The van der Waals surface area contributed by atoms with Gasteiger partial charge in [0.15, 0.2) is 0 Å². The number of benzene rings is 3. The van der Waals surface area contributed by atoms with Crippen molar-refractivity contribution >= 4 is 28.6 Å². The molecule has 0 spiro atoms. The molecule has 8 heteroatoms. The highest BCUT2D eigenvalue weighted by atomic mass is 16.2. The number of terminal acetylenes is 1. The molecule has 0 aromatic heterocycles. The third kappa shape index (κ3) is 4.74. The van der Waals surface area contributed by atoms with Gasteiger partial charge in [0.25, 0.3) is 0 Å². The van der Waals surface area contributed by atoms with E-state index in [2.05, 4.69) is 11.2 Å². The second kappa shape index (κ2) is 10.3. The summed E-state index contributed by atoms with van der Waals surface area (Å²) < 4.78 is 0. The van der Waals surface area contributed by atoms with Gasteiger partial charge in [-0.05, 0) is 28.8 Å². The Balaban J connectivity index is 1.38. The number of hydrogen-bond donors (Lipinski definition) is 1. The molecule has 2 aliphatic rings. The Morgan fingerprint density at radius 1 is 1.05 bits per heavy atom. The Kier molecular flexibility index (Phi) is 6.80. The molecule has 2 saturated heterocycles. The van der Waals surface area contributed by atoms with Gasteiger partial charge in [-0.1, -0.05) is 78.7 Å². The molecule has 0 saturated carbocycles. The van der Waals surface area contributed by atoms with E-state index >= 15 is 0 Å². The Morgan fingerprint density at radius 3 is 2.57 bits per heavy atom. The number of hydrogen-bond acceptors (Lipinski definition) is 4. The summed E-state index contributed by atoms with van der Waals surface area (Å²) in [6.07, 6.45) is 5.12. The number of piperazine rings is 1. The zero-order valence-corrected chi connectivity index (χ0v) is 20.7. The van der Waals surface area contributed by atoms with E-state index < -0.39 is 12.2 Å². The number of fused-ring (bicyclic) bond motifs is 2. The van der Waals surface area contributed by atoms with E-state index in [-0.39, 0.29) is 37.5 Å². The predicted molar refractivity (Wildman–Crippen MR) is 140 cm³/mol. The summed E-state index contributed by atoms with van der Waals surface area (Å²) in [4.78, 5) is 42.9. The van der Waals surface area contributed by atoms with Crippen molar-refractivity contribution in [3.8, 4) is 12.3 Å². The van der Waals surface area contributed by atoms with Crippen LogP contribution in [0.3, 0.4) is 0 Å². The van der Waals surface area contributed by atoms with Crippen LogP contribution in [0.5, 0.6) is 0 Å². The van der Waals surface area contributed by atoms with Crippen molar-refractivity contribution in [2.75, 3.05) is 19.6 Å². The number of urea groups is 1. The van der Waals surface area contributed by atoms with E-state index in [4.69, 9.17) is 6.42 Å². The first-order valence-electron chi connectivity index (χ1n) is 12.3. The molecule has 0 bridgehead atoms. The van der Waals surface area contributed by atoms with Gasteiger partial charge in [0.1, 0.15) is 12.2 Å². The van der Waals surface area contributed by atoms with Crippen molar-refractivity contribution in [3.05, 3.63) is 83.9 Å². The lowest BCUT2D eigenvalue weighted by atomic mass is 10.0. The van der Waals surface area contributed by atoms with Crippen LogP contribution in [0.25, 0.3) is 10.8 Å². The summed E-state index contributed by atoms with van der Waals surface area (Å²) in [5.41, 5.74) is 1.98. The Bertz CT molecular complexity index is 1360. The van der Waals surface area contributed by atoms with E-state index in [0.717, 1.165) is 21.9 Å². The zero-order chi connectivity index (χ0) is 25.9. The standard InChI is InChI=1S/C29H29N5O3/c1-3-16-32(29(37)30-17-22-10-5-4-6-11-22)33-20-27(35)34-21(2)28(36)31(19-26(33)34)18-24-14-9-13-23-12-7-8-15-25(23)24/h1,4-15,21,26H,16-20H2,2H3,(H,30,37)/t21?,26-/m1/s1. The average Bonchev–Trinajstić information content (AvgIpc) is 3.25. The van der Waals surface area contributed by atoms with E-state index in [1.165, 1.54) is 5.01 Å². The quantitative estimate of drug-likeness (QED) is 0.534. The summed E-state index contributed by atoms with van der Waals surface area (Å²) in [5.74, 6) is 2.22. The van der Waals surface area contributed by atoms with Crippen LogP contribution in [0.4, 0.5) is 4.79 Å². The highest BCUT2D eigenvalue weighted by Crippen LogP contribution is 2.29. The monoisotopic (exact) mass is 495 g/mol. The fourth-order valence-corrected chi connectivity index (χ4v) is 5.22. The molecule has 8 nitrogen and oxygen atoms in total. The molecule has 2 heterocycles. The summed E-state index contributed by atoms with van der Waals surface area (Å²) in [6.45, 7) is 2.73. The molecular weight excluding hydrogens is 466 g/mol. The van der Waals surface area contributed by atoms with Gasteiger partial charge in [0, 0.05) is 13.1 Å². The van der Waals surface area contributed by atoms with Crippen LogP contribution in [0.2, 0.25) is 0 Å². The van der Waals surface area contributed by atoms with Crippen LogP contribution in [-0.4, -0.2) is 69.5 Å². The predicted octanol–water partition coefficient (Wildman–Crippen LogP) is 2.80. The second-order valence-electron chi connectivity index (χ2n) is 9.32. The second-order valence-corrected chi connectivity index (χ2v) is 9.32. The maximum Gasteiger partial charge on any atom is 0.333 e. The molecular formula is C29H29N5O3. The first-order chi connectivity index (χ1) is 18.0. The van der Waals surface area contributed by atoms with Crippen LogP contribution < -0.4 is 5.32 Å². The number of carbonyl (C=O) groups is 3. The molecule has 3 aromatic carbocycles. The molecule has 0 radical (unpaired) electrons. The highest BCUT2D eigenvalue weighted by Gasteiger charge is 2.50. The fourth-order valence-electron chi connectivity index (χ4n) is 5.22. The molecule has 37 heavy (non-hydrogen) atoms. The van der Waals surface area contributed by atoms with Crippen LogP contribution >= 0.6 is 0 Å². The van der Waals surface area contributed by atoms with Gasteiger partial charge in [-0.3, -0.25) is 9.59 Å². The molecule has 5 rings (SSSR count). The highest BCUT2D eigenvalue weighted by molar-refractivity contribution is 5.92. The molecule has 2 fully saturated rings. The van der Waals surface area contributed by atoms with E-state index in [0.29, 0.717) is 13.1 Å². The SMILES string of the molecule is C#CCN(C(=O)NCc1ccccc1)N1CC(=O)N2C(C)C(=O)N(Cc3cccc4ccccc34)C[C@@H]21. The summed E-state index contributed by atoms with van der Waals surface area (Å²) >= 11 is 0. The molecule has 188 valence electrons. The minimum atomic E-state index is -0.647. The average molecular weight is 496 g/mol. The van der Waals surface area contributed by atoms with Crippen LogP contribution in [0, 0.1) is 12.3 Å². The van der Waals surface area contributed by atoms with E-state index in [1.807, 2.05) is 72.8 Å². The van der Waals surface area contributed by atoms with Gasteiger partial charge in [0.05, 0.1) is 19.6 Å². The Labute approximate surface area is 216 Å². The molecule has 1 unspecified atom stereocenters. The molecule has 2 aliphatic heterocycles. The minimum Gasteiger partial charge on any atom is -0.333 e. The number of amides is 4. The number of nitrogens with zero attached hydrogens (tertiary/aromatic N) is 4. The maximum atomic E-state index is 13.3. The number of nitrogens with one attached hydrogen (secondary N) is 1. The summed E-state index contributed by atoms with van der Waals surface area (Å²) in [6, 6.07) is 22.7. The van der Waals surface area contributed by atoms with Crippen LogP contribution in [0.1, 0.15) is 18.1 Å². The summed E-state index contributed by atoms with van der Waals surface area (Å²) in [7, 11) is 0. The lowest BCUT2D eigenvalue weighted by Gasteiger charge is -2.45. The molecule has 2 atom stereocenters. The minimum absolute atomic E-state index is 0.00386. The van der Waals surface area contributed by atoms with Crippen LogP contribution in [0.15, 0.2) is 72.8 Å². The third-order valence-electron chi connectivity index (χ3n) is 7.03. The van der Waals surface area contributed by atoms with Gasteiger partial charge in [-0.2, -0.15) is 5.01 Å².